The highest BCUT2D eigenvalue weighted by molar-refractivity contribution is 6.35. The van der Waals surface area contributed by atoms with Crippen molar-refractivity contribution in [3.05, 3.63) is 35.5 Å². The van der Waals surface area contributed by atoms with Gasteiger partial charge in [0.25, 0.3) is 5.91 Å². The van der Waals surface area contributed by atoms with Gasteiger partial charge in [-0.15, -0.1) is 0 Å². The Bertz CT molecular complexity index is 748. The van der Waals surface area contributed by atoms with Gasteiger partial charge >= 0.3 is 0 Å². The number of piperidine rings is 1. The molecule has 2 N–H and O–H groups in total. The second-order valence-electron chi connectivity index (χ2n) is 6.33. The average molecular weight is 378 g/mol. The zero-order valence-electron chi connectivity index (χ0n) is 14.7. The van der Waals surface area contributed by atoms with Gasteiger partial charge in [0.2, 0.25) is 0 Å². The molecule has 2 aromatic rings. The number of nitrogens with zero attached hydrogens (tertiary/aromatic N) is 2. The van der Waals surface area contributed by atoms with Crippen LogP contribution in [0.2, 0.25) is 5.02 Å². The van der Waals surface area contributed by atoms with Crippen LogP contribution < -0.4 is 10.5 Å². The fourth-order valence-corrected chi connectivity index (χ4v) is 3.28. The monoisotopic (exact) mass is 377 g/mol. The second-order valence-corrected chi connectivity index (χ2v) is 6.73. The van der Waals surface area contributed by atoms with Crippen LogP contribution in [0.1, 0.15) is 19.3 Å². The smallest absolute Gasteiger partial charge is 0.260 e. The van der Waals surface area contributed by atoms with E-state index in [-0.39, 0.29) is 18.6 Å². The van der Waals surface area contributed by atoms with Crippen LogP contribution in [0.5, 0.6) is 5.75 Å². The molecule has 0 bridgehead atoms. The number of amides is 1. The number of rotatable bonds is 7. The summed E-state index contributed by atoms with van der Waals surface area (Å²) in [7, 11) is 0. The quantitative estimate of drug-likeness (QED) is 0.750. The number of carbonyl (C=O) groups excluding carboxylic acids is 1. The summed E-state index contributed by atoms with van der Waals surface area (Å²) >= 11 is 6.18. The third-order valence-electron chi connectivity index (χ3n) is 4.53. The number of hydrogen-bond acceptors (Lipinski definition) is 5. The molecule has 1 aliphatic rings. The Morgan fingerprint density at radius 1 is 1.31 bits per heavy atom. The van der Waals surface area contributed by atoms with Crippen LogP contribution in [-0.2, 0) is 9.53 Å². The number of benzene rings is 1. The Balaban J connectivity index is 1.52. The van der Waals surface area contributed by atoms with E-state index in [1.54, 1.807) is 18.3 Å². The maximum Gasteiger partial charge on any atom is 0.260 e. The van der Waals surface area contributed by atoms with Crippen LogP contribution in [0.15, 0.2) is 30.5 Å². The average Bonchev–Trinajstić information content (AvgIpc) is 2.68. The van der Waals surface area contributed by atoms with E-state index in [1.165, 1.54) is 0 Å². The van der Waals surface area contributed by atoms with Crippen molar-refractivity contribution in [1.29, 1.82) is 0 Å². The van der Waals surface area contributed by atoms with Gasteiger partial charge in [-0.25, -0.2) is 0 Å². The molecule has 0 radical (unpaired) electrons. The third-order valence-corrected chi connectivity index (χ3v) is 4.86. The molecule has 140 valence electrons. The third kappa shape index (κ3) is 4.63. The minimum Gasteiger partial charge on any atom is -0.481 e. The van der Waals surface area contributed by atoms with E-state index in [1.807, 2.05) is 17.0 Å². The highest BCUT2D eigenvalue weighted by Crippen LogP contribution is 2.29. The standard InChI is InChI=1S/C19H24ClN3O3/c20-16-4-5-17(19-15(16)3-1-9-22-19)26-13-18(24)23-10-6-14(7-11-23)25-12-2-8-21/h1,3-5,9,14H,2,6-8,10-13,21H2. The van der Waals surface area contributed by atoms with Gasteiger partial charge in [0.05, 0.1) is 11.1 Å². The first-order valence-corrected chi connectivity index (χ1v) is 9.32. The van der Waals surface area contributed by atoms with E-state index in [2.05, 4.69) is 4.98 Å². The minimum absolute atomic E-state index is 0.00793. The maximum atomic E-state index is 12.4. The molecule has 1 saturated heterocycles. The predicted octanol–water partition coefficient (Wildman–Crippen LogP) is 2.62. The highest BCUT2D eigenvalue weighted by Gasteiger charge is 2.23. The topological polar surface area (TPSA) is 77.7 Å². The highest BCUT2D eigenvalue weighted by atomic mass is 35.5. The SMILES string of the molecule is NCCCOC1CCN(C(=O)COc2ccc(Cl)c3cccnc23)CC1. The van der Waals surface area contributed by atoms with Gasteiger partial charge in [0.15, 0.2) is 6.61 Å². The Labute approximate surface area is 158 Å². The van der Waals surface area contributed by atoms with Crippen molar-refractivity contribution >= 4 is 28.4 Å². The molecular formula is C19H24ClN3O3. The summed E-state index contributed by atoms with van der Waals surface area (Å²) in [5.74, 6) is 0.544. The number of hydrogen-bond donors (Lipinski definition) is 1. The fourth-order valence-electron chi connectivity index (χ4n) is 3.06. The lowest BCUT2D eigenvalue weighted by atomic mass is 10.1. The van der Waals surface area contributed by atoms with Crippen LogP contribution in [0.4, 0.5) is 0 Å². The van der Waals surface area contributed by atoms with E-state index < -0.39 is 0 Å². The van der Waals surface area contributed by atoms with Crippen LogP contribution in [0.25, 0.3) is 10.9 Å². The maximum absolute atomic E-state index is 12.4. The summed E-state index contributed by atoms with van der Waals surface area (Å²) in [5, 5.41) is 1.43. The van der Waals surface area contributed by atoms with Gasteiger partial charge in [-0.3, -0.25) is 9.78 Å². The van der Waals surface area contributed by atoms with E-state index in [0.29, 0.717) is 42.5 Å². The van der Waals surface area contributed by atoms with Crippen LogP contribution in [0.3, 0.4) is 0 Å². The lowest BCUT2D eigenvalue weighted by Gasteiger charge is -2.32. The lowest BCUT2D eigenvalue weighted by Crippen LogP contribution is -2.43. The van der Waals surface area contributed by atoms with Crippen LogP contribution in [0, 0.1) is 0 Å². The predicted molar refractivity (Wildman–Crippen MR) is 101 cm³/mol. The number of halogens is 1. The van der Waals surface area contributed by atoms with E-state index in [4.69, 9.17) is 26.8 Å². The van der Waals surface area contributed by atoms with Crippen molar-refractivity contribution in [2.45, 2.75) is 25.4 Å². The van der Waals surface area contributed by atoms with Crippen LogP contribution in [-0.4, -0.2) is 54.7 Å². The molecule has 3 rings (SSSR count). The minimum atomic E-state index is -0.0237. The summed E-state index contributed by atoms with van der Waals surface area (Å²) in [6, 6.07) is 7.22. The molecule has 1 fully saturated rings. The molecule has 1 aromatic carbocycles. The molecule has 0 saturated carbocycles. The Kier molecular flexibility index (Phi) is 6.66. The fraction of sp³-hybridized carbons (Fsp3) is 0.474. The summed E-state index contributed by atoms with van der Waals surface area (Å²) in [6.45, 7) is 2.70. The van der Waals surface area contributed by atoms with E-state index in [9.17, 15) is 4.79 Å². The molecule has 1 aliphatic heterocycles. The van der Waals surface area contributed by atoms with Crippen molar-refractivity contribution < 1.29 is 14.3 Å². The van der Waals surface area contributed by atoms with Crippen molar-refractivity contribution in [2.75, 3.05) is 32.8 Å². The zero-order chi connectivity index (χ0) is 18.4. The van der Waals surface area contributed by atoms with Crippen LogP contribution >= 0.6 is 11.6 Å². The number of likely N-dealkylation sites (tertiary alicyclic amines) is 1. The molecule has 6 nitrogen and oxygen atoms in total. The summed E-state index contributed by atoms with van der Waals surface area (Å²) < 4.78 is 11.5. The van der Waals surface area contributed by atoms with E-state index in [0.717, 1.165) is 24.6 Å². The lowest BCUT2D eigenvalue weighted by molar-refractivity contribution is -0.136. The molecule has 0 unspecified atom stereocenters. The zero-order valence-corrected chi connectivity index (χ0v) is 15.5. The van der Waals surface area contributed by atoms with Gasteiger partial charge in [0, 0.05) is 31.3 Å². The van der Waals surface area contributed by atoms with E-state index >= 15 is 0 Å². The van der Waals surface area contributed by atoms with Crippen molar-refractivity contribution in [1.82, 2.24) is 9.88 Å². The molecule has 0 aliphatic carbocycles. The first-order valence-electron chi connectivity index (χ1n) is 8.94. The Hall–Kier alpha value is -1.89. The van der Waals surface area contributed by atoms with Gasteiger partial charge in [0.1, 0.15) is 11.3 Å². The second kappa shape index (κ2) is 9.16. The number of pyridine rings is 1. The summed E-state index contributed by atoms with van der Waals surface area (Å²) in [4.78, 5) is 18.6. The molecule has 7 heteroatoms. The van der Waals surface area contributed by atoms with Gasteiger partial charge in [-0.1, -0.05) is 11.6 Å². The number of nitrogens with two attached hydrogens (primary N) is 1. The van der Waals surface area contributed by atoms with Crippen molar-refractivity contribution in [3.8, 4) is 5.75 Å². The van der Waals surface area contributed by atoms with Crippen molar-refractivity contribution in [3.63, 3.8) is 0 Å². The Morgan fingerprint density at radius 3 is 2.88 bits per heavy atom. The van der Waals surface area contributed by atoms with Crippen molar-refractivity contribution in [2.24, 2.45) is 5.73 Å². The Morgan fingerprint density at radius 2 is 2.12 bits per heavy atom. The molecule has 2 heterocycles. The number of carbonyl (C=O) groups is 1. The molecule has 0 atom stereocenters. The molecular weight excluding hydrogens is 354 g/mol. The summed E-state index contributed by atoms with van der Waals surface area (Å²) in [6.07, 6.45) is 4.47. The first kappa shape index (κ1) is 18.9. The molecule has 1 amide bonds. The molecule has 0 spiro atoms. The number of ether oxygens (including phenoxy) is 2. The number of aromatic nitrogens is 1. The number of fused-ring (bicyclic) bond motifs is 1. The summed E-state index contributed by atoms with van der Waals surface area (Å²) in [5.41, 5.74) is 6.14. The van der Waals surface area contributed by atoms with Gasteiger partial charge < -0.3 is 20.1 Å². The normalized spacial score (nSPS) is 15.4. The largest absolute Gasteiger partial charge is 0.481 e. The molecule has 1 aromatic heterocycles. The molecule has 26 heavy (non-hydrogen) atoms. The van der Waals surface area contributed by atoms with Gasteiger partial charge in [-0.2, -0.15) is 0 Å². The van der Waals surface area contributed by atoms with Gasteiger partial charge in [-0.05, 0) is 50.1 Å². The first-order chi connectivity index (χ1) is 12.7.